The summed E-state index contributed by atoms with van der Waals surface area (Å²) in [6.45, 7) is 6.79. The second kappa shape index (κ2) is 5.10. The molecule has 0 aliphatic heterocycles. The molecule has 0 saturated heterocycles. The Hall–Kier alpha value is -0.680. The van der Waals surface area contributed by atoms with Gasteiger partial charge in [0.1, 0.15) is 0 Å². The van der Waals surface area contributed by atoms with Crippen molar-refractivity contribution in [1.82, 2.24) is 4.57 Å². The van der Waals surface area contributed by atoms with E-state index in [1.54, 1.807) is 4.57 Å². The molecule has 1 heterocycles. The zero-order valence-corrected chi connectivity index (χ0v) is 11.6. The molecule has 1 rings (SSSR count). The number of thiocarbonyl (C=S) groups is 1. The minimum atomic E-state index is -0.122. The van der Waals surface area contributed by atoms with E-state index < -0.39 is 0 Å². The van der Waals surface area contributed by atoms with Gasteiger partial charge >= 0.3 is 4.87 Å². The molecule has 3 nitrogen and oxygen atoms in total. The molecule has 16 heavy (non-hydrogen) atoms. The Kier molecular flexibility index (Phi) is 4.27. The topological polar surface area (TPSA) is 48.0 Å². The molecule has 0 radical (unpaired) electrons. The van der Waals surface area contributed by atoms with Gasteiger partial charge < -0.3 is 10.3 Å². The molecule has 0 spiro atoms. The van der Waals surface area contributed by atoms with Crippen molar-refractivity contribution in [2.24, 2.45) is 11.1 Å². The first-order chi connectivity index (χ1) is 7.34. The van der Waals surface area contributed by atoms with Crippen LogP contribution in [0.4, 0.5) is 0 Å². The van der Waals surface area contributed by atoms with Gasteiger partial charge in [-0.2, -0.15) is 0 Å². The lowest BCUT2D eigenvalue weighted by Gasteiger charge is -2.22. The highest BCUT2D eigenvalue weighted by molar-refractivity contribution is 7.80. The van der Waals surface area contributed by atoms with Crippen molar-refractivity contribution in [1.29, 1.82) is 0 Å². The Labute approximate surface area is 105 Å². The van der Waals surface area contributed by atoms with Gasteiger partial charge in [-0.1, -0.05) is 37.4 Å². The molecule has 0 unspecified atom stereocenters. The number of nitrogens with two attached hydrogens (primary N) is 1. The number of aryl methyl sites for hydroxylation is 1. The third-order valence-electron chi connectivity index (χ3n) is 2.83. The summed E-state index contributed by atoms with van der Waals surface area (Å²) in [5.41, 5.74) is 6.56. The van der Waals surface area contributed by atoms with Gasteiger partial charge in [-0.15, -0.1) is 0 Å². The third kappa shape index (κ3) is 3.15. The number of nitrogens with zero attached hydrogens (tertiary/aromatic N) is 1. The Morgan fingerprint density at radius 3 is 2.69 bits per heavy atom. The summed E-state index contributed by atoms with van der Waals surface area (Å²) in [6, 6.07) is 0. The van der Waals surface area contributed by atoms with Gasteiger partial charge in [-0.25, -0.2) is 0 Å². The zero-order valence-electron chi connectivity index (χ0n) is 9.95. The SMILES string of the molecule is Cc1csc(=O)n1CCCC(C)(C)C(N)=S. The maximum Gasteiger partial charge on any atom is 0.307 e. The molecule has 2 N–H and O–H groups in total. The first-order valence-electron chi connectivity index (χ1n) is 5.29. The number of hydrogen-bond donors (Lipinski definition) is 1. The highest BCUT2D eigenvalue weighted by Crippen LogP contribution is 2.22. The first kappa shape index (κ1) is 13.4. The minimum absolute atomic E-state index is 0.116. The van der Waals surface area contributed by atoms with Gasteiger partial charge in [-0.3, -0.25) is 4.79 Å². The van der Waals surface area contributed by atoms with E-state index in [0.717, 1.165) is 25.1 Å². The van der Waals surface area contributed by atoms with Crippen LogP contribution < -0.4 is 10.6 Å². The number of hydrogen-bond acceptors (Lipinski definition) is 3. The second-order valence-electron chi connectivity index (χ2n) is 4.65. The minimum Gasteiger partial charge on any atom is -0.393 e. The van der Waals surface area contributed by atoms with Crippen LogP contribution in [0.5, 0.6) is 0 Å². The predicted molar refractivity (Wildman–Crippen MR) is 73.1 cm³/mol. The molecule has 1 aromatic rings. The van der Waals surface area contributed by atoms with Crippen LogP contribution in [0.3, 0.4) is 0 Å². The quantitative estimate of drug-likeness (QED) is 0.825. The molecule has 0 bridgehead atoms. The van der Waals surface area contributed by atoms with Crippen molar-refractivity contribution < 1.29 is 0 Å². The molecular weight excluding hydrogens is 240 g/mol. The van der Waals surface area contributed by atoms with Crippen LogP contribution in [0.25, 0.3) is 0 Å². The lowest BCUT2D eigenvalue weighted by atomic mass is 9.88. The van der Waals surface area contributed by atoms with Crippen molar-refractivity contribution in [3.05, 3.63) is 20.7 Å². The molecule has 0 aromatic carbocycles. The van der Waals surface area contributed by atoms with E-state index in [0.29, 0.717) is 4.99 Å². The fraction of sp³-hybridized carbons (Fsp3) is 0.636. The summed E-state index contributed by atoms with van der Waals surface area (Å²) in [4.78, 5) is 12.1. The Morgan fingerprint density at radius 1 is 1.62 bits per heavy atom. The fourth-order valence-electron chi connectivity index (χ4n) is 1.48. The van der Waals surface area contributed by atoms with E-state index in [1.807, 2.05) is 26.2 Å². The Balaban J connectivity index is 2.54. The van der Waals surface area contributed by atoms with Gasteiger partial charge in [0.2, 0.25) is 0 Å². The summed E-state index contributed by atoms with van der Waals surface area (Å²) in [5, 5.41) is 1.89. The summed E-state index contributed by atoms with van der Waals surface area (Å²) >= 11 is 6.26. The number of aromatic nitrogens is 1. The third-order valence-corrected chi connectivity index (χ3v) is 4.26. The van der Waals surface area contributed by atoms with E-state index >= 15 is 0 Å². The van der Waals surface area contributed by atoms with E-state index in [1.165, 1.54) is 11.3 Å². The van der Waals surface area contributed by atoms with Crippen LogP contribution in [0, 0.1) is 12.3 Å². The summed E-state index contributed by atoms with van der Waals surface area (Å²) < 4.78 is 1.81. The van der Waals surface area contributed by atoms with Crippen molar-refractivity contribution in [2.75, 3.05) is 0 Å². The zero-order chi connectivity index (χ0) is 12.3. The highest BCUT2D eigenvalue weighted by atomic mass is 32.1. The van der Waals surface area contributed by atoms with Crippen molar-refractivity contribution in [3.8, 4) is 0 Å². The largest absolute Gasteiger partial charge is 0.393 e. The first-order valence-corrected chi connectivity index (χ1v) is 6.58. The van der Waals surface area contributed by atoms with E-state index in [2.05, 4.69) is 0 Å². The average Bonchev–Trinajstić information content (AvgIpc) is 2.48. The molecular formula is C11H18N2OS2. The molecule has 0 aliphatic carbocycles. The maximum absolute atomic E-state index is 11.5. The molecule has 0 amide bonds. The standard InChI is InChI=1S/C11H18N2OS2/c1-8-7-16-10(14)13(8)6-4-5-11(2,3)9(12)15/h7H,4-6H2,1-3H3,(H2,12,15). The van der Waals surface area contributed by atoms with Crippen LogP contribution in [0.2, 0.25) is 0 Å². The molecule has 5 heteroatoms. The van der Waals surface area contributed by atoms with Crippen LogP contribution in [-0.4, -0.2) is 9.56 Å². The Morgan fingerprint density at radius 2 is 2.25 bits per heavy atom. The molecule has 90 valence electrons. The number of rotatable bonds is 5. The van der Waals surface area contributed by atoms with Crippen LogP contribution >= 0.6 is 23.6 Å². The highest BCUT2D eigenvalue weighted by Gasteiger charge is 2.20. The Bertz CT molecular complexity index is 431. The molecule has 0 saturated carbocycles. The van der Waals surface area contributed by atoms with Gasteiger partial charge in [0.15, 0.2) is 0 Å². The fourth-order valence-corrected chi connectivity index (χ4v) is 2.34. The summed E-state index contributed by atoms with van der Waals surface area (Å²) in [7, 11) is 0. The smallest absolute Gasteiger partial charge is 0.307 e. The lowest BCUT2D eigenvalue weighted by Crippen LogP contribution is -2.30. The average molecular weight is 258 g/mol. The van der Waals surface area contributed by atoms with Crippen LogP contribution in [0.1, 0.15) is 32.4 Å². The predicted octanol–water partition coefficient (Wildman–Crippen LogP) is 2.31. The van der Waals surface area contributed by atoms with Gasteiger partial charge in [-0.05, 0) is 19.8 Å². The summed E-state index contributed by atoms with van der Waals surface area (Å²) in [6.07, 6.45) is 1.83. The monoisotopic (exact) mass is 258 g/mol. The van der Waals surface area contributed by atoms with E-state index in [9.17, 15) is 4.79 Å². The van der Waals surface area contributed by atoms with Crippen molar-refractivity contribution in [2.45, 2.75) is 40.2 Å². The van der Waals surface area contributed by atoms with Gasteiger partial charge in [0.25, 0.3) is 0 Å². The van der Waals surface area contributed by atoms with Crippen molar-refractivity contribution >= 4 is 28.5 Å². The summed E-state index contributed by atoms with van der Waals surface area (Å²) in [5.74, 6) is 0. The van der Waals surface area contributed by atoms with Gasteiger partial charge in [0, 0.05) is 23.0 Å². The van der Waals surface area contributed by atoms with E-state index in [-0.39, 0.29) is 10.3 Å². The lowest BCUT2D eigenvalue weighted by molar-refractivity contribution is 0.433. The van der Waals surface area contributed by atoms with Crippen LogP contribution in [-0.2, 0) is 6.54 Å². The molecule has 0 fully saturated rings. The van der Waals surface area contributed by atoms with E-state index in [4.69, 9.17) is 18.0 Å². The molecule has 0 atom stereocenters. The maximum atomic E-state index is 11.5. The normalized spacial score (nSPS) is 11.7. The van der Waals surface area contributed by atoms with Gasteiger partial charge in [0.05, 0.1) is 4.99 Å². The number of thiazole rings is 1. The molecule has 1 aromatic heterocycles. The second-order valence-corrected chi connectivity index (χ2v) is 5.91. The molecule has 0 aliphatic rings. The van der Waals surface area contributed by atoms with Crippen molar-refractivity contribution in [3.63, 3.8) is 0 Å². The van der Waals surface area contributed by atoms with Crippen LogP contribution in [0.15, 0.2) is 10.2 Å².